The molecule has 1 rings (SSSR count). The van der Waals surface area contributed by atoms with Crippen molar-refractivity contribution in [2.75, 3.05) is 6.61 Å². The molecular weight excluding hydrogens is 191 g/mol. The molecule has 14 heavy (non-hydrogen) atoms. The van der Waals surface area contributed by atoms with Crippen molar-refractivity contribution in [1.82, 2.24) is 0 Å². The molecule has 0 spiro atoms. The molecule has 0 radical (unpaired) electrons. The van der Waals surface area contributed by atoms with Crippen LogP contribution in [0.1, 0.15) is 11.8 Å². The van der Waals surface area contributed by atoms with Crippen molar-refractivity contribution in [3.63, 3.8) is 0 Å². The van der Waals surface area contributed by atoms with Crippen molar-refractivity contribution < 1.29 is 45.6 Å². The van der Waals surface area contributed by atoms with Crippen LogP contribution in [-0.4, -0.2) is 17.7 Å². The van der Waals surface area contributed by atoms with Crippen molar-refractivity contribution >= 4 is 5.97 Å². The zero-order valence-electron chi connectivity index (χ0n) is 9.06. The van der Waals surface area contributed by atoms with E-state index in [9.17, 15) is 9.90 Å². The Morgan fingerprint density at radius 1 is 1.57 bits per heavy atom. The van der Waals surface area contributed by atoms with E-state index in [4.69, 9.17) is 4.74 Å². The number of rotatable bonds is 3. The van der Waals surface area contributed by atoms with E-state index in [0.717, 1.165) is 0 Å². The summed E-state index contributed by atoms with van der Waals surface area (Å²) in [6, 6.07) is 6.23. The molecule has 0 fully saturated rings. The van der Waals surface area contributed by atoms with E-state index in [-0.39, 0.29) is 48.9 Å². The van der Waals surface area contributed by atoms with Crippen LogP contribution < -0.4 is 29.6 Å². The first-order valence-corrected chi connectivity index (χ1v) is 3.81. The summed E-state index contributed by atoms with van der Waals surface area (Å²) in [4.78, 5) is 11.2. The number of esters is 1. The van der Waals surface area contributed by atoms with Crippen LogP contribution in [-0.2, 0) is 4.74 Å². The van der Waals surface area contributed by atoms with Gasteiger partial charge in [-0.2, -0.15) is 0 Å². The van der Waals surface area contributed by atoms with Crippen molar-refractivity contribution in [1.29, 1.82) is 0 Å². The van der Waals surface area contributed by atoms with Gasteiger partial charge < -0.3 is 11.3 Å². The van der Waals surface area contributed by atoms with Crippen molar-refractivity contribution in [2.24, 2.45) is 0 Å². The summed E-state index contributed by atoms with van der Waals surface area (Å²) in [6.07, 6.45) is 1.47. The van der Waals surface area contributed by atoms with Crippen LogP contribution in [0, 0.1) is 0 Å². The summed E-state index contributed by atoms with van der Waals surface area (Å²) in [5, 5.41) is 9.25. The molecule has 70 valence electrons. The van der Waals surface area contributed by atoms with Gasteiger partial charge in [-0.15, -0.1) is 0 Å². The Hall–Kier alpha value is -0.770. The maximum atomic E-state index is 11.2. The molecule has 0 atom stereocenters. The van der Waals surface area contributed by atoms with Crippen molar-refractivity contribution in [2.45, 2.75) is 0 Å². The molecule has 0 aliphatic carbocycles. The number of carbonyl (C=O) groups is 1. The Balaban J connectivity index is 0. The van der Waals surface area contributed by atoms with E-state index in [1.54, 1.807) is 12.1 Å². The molecule has 0 aliphatic heterocycles. The minimum atomic E-state index is -0.544. The van der Waals surface area contributed by atoms with Gasteiger partial charge in [-0.05, 0) is 12.1 Å². The van der Waals surface area contributed by atoms with E-state index >= 15 is 0 Å². The Bertz CT molecular complexity index is 328. The maximum absolute atomic E-state index is 11.2. The molecule has 0 saturated heterocycles. The van der Waals surface area contributed by atoms with Gasteiger partial charge in [0.25, 0.3) is 0 Å². The Labute approximate surface area is 106 Å². The molecule has 1 N–H and O–H groups in total. The molecule has 0 aliphatic rings. The third-order valence-electron chi connectivity index (χ3n) is 1.46. The average Bonchev–Trinajstić information content (AvgIpc) is 2.15. The fourth-order valence-electron chi connectivity index (χ4n) is 0.859. The number of benzene rings is 1. The topological polar surface area (TPSA) is 46.5 Å². The maximum Gasteiger partial charge on any atom is 1.00 e. The molecule has 1 aromatic carbocycles. The van der Waals surface area contributed by atoms with Gasteiger partial charge in [0.05, 0.1) is 0 Å². The summed E-state index contributed by atoms with van der Waals surface area (Å²) in [5.74, 6) is -0.616. The van der Waals surface area contributed by atoms with Gasteiger partial charge in [0.1, 0.15) is 17.9 Å². The SMILES string of the molecule is C=CCOC(=O)c1ccccc1O.[H-].[Na+]. The Kier molecular flexibility index (Phi) is 6.28. The van der Waals surface area contributed by atoms with Crippen LogP contribution >= 0.6 is 0 Å². The van der Waals surface area contributed by atoms with Crippen molar-refractivity contribution in [3.8, 4) is 5.75 Å². The fraction of sp³-hybridized carbons (Fsp3) is 0.100. The molecule has 0 unspecified atom stereocenters. The molecule has 1 aromatic rings. The number of hydrogen-bond acceptors (Lipinski definition) is 3. The van der Waals surface area contributed by atoms with Crippen LogP contribution in [0.4, 0.5) is 0 Å². The van der Waals surface area contributed by atoms with E-state index < -0.39 is 5.97 Å². The number of aromatic hydroxyl groups is 1. The standard InChI is InChI=1S/C10H10O3.Na.H/c1-2-7-13-10(12)8-5-3-4-6-9(8)11;;/h2-6,11H,1,7H2;;/q;+1;-1. The summed E-state index contributed by atoms with van der Waals surface area (Å²) in [6.45, 7) is 3.56. The quantitative estimate of drug-likeness (QED) is 0.382. The molecule has 0 heterocycles. The number of hydrogen-bond donors (Lipinski definition) is 1. The predicted molar refractivity (Wildman–Crippen MR) is 49.7 cm³/mol. The number of phenols is 1. The second kappa shape index (κ2) is 6.65. The van der Waals surface area contributed by atoms with Crippen LogP contribution in [0.5, 0.6) is 5.75 Å². The second-order valence-corrected chi connectivity index (χ2v) is 2.40. The fourth-order valence-corrected chi connectivity index (χ4v) is 0.859. The Morgan fingerprint density at radius 2 is 2.21 bits per heavy atom. The third kappa shape index (κ3) is 3.54. The van der Waals surface area contributed by atoms with Gasteiger partial charge in [-0.25, -0.2) is 4.79 Å². The van der Waals surface area contributed by atoms with E-state index in [0.29, 0.717) is 0 Å². The van der Waals surface area contributed by atoms with Gasteiger partial charge in [-0.1, -0.05) is 24.8 Å². The minimum Gasteiger partial charge on any atom is -1.00 e. The molecular formula is C10H11NaO3. The molecule has 0 aromatic heterocycles. The molecule has 3 nitrogen and oxygen atoms in total. The van der Waals surface area contributed by atoms with Gasteiger partial charge in [-0.3, -0.25) is 0 Å². The smallest absolute Gasteiger partial charge is 1.00 e. The largest absolute Gasteiger partial charge is 1.00 e. The second-order valence-electron chi connectivity index (χ2n) is 2.40. The molecule has 0 saturated carbocycles. The first kappa shape index (κ1) is 13.2. The zero-order valence-corrected chi connectivity index (χ0v) is 10.1. The van der Waals surface area contributed by atoms with Crippen LogP contribution in [0.15, 0.2) is 36.9 Å². The predicted octanol–water partition coefficient (Wildman–Crippen LogP) is -1.15. The van der Waals surface area contributed by atoms with Gasteiger partial charge in [0.15, 0.2) is 0 Å². The molecule has 4 heteroatoms. The third-order valence-corrected chi connectivity index (χ3v) is 1.46. The van der Waals surface area contributed by atoms with Gasteiger partial charge >= 0.3 is 35.5 Å². The molecule has 0 amide bonds. The first-order chi connectivity index (χ1) is 6.25. The van der Waals surface area contributed by atoms with Crippen molar-refractivity contribution in [3.05, 3.63) is 42.5 Å². The van der Waals surface area contributed by atoms with Crippen LogP contribution in [0.2, 0.25) is 0 Å². The summed E-state index contributed by atoms with van der Waals surface area (Å²) < 4.78 is 4.74. The number of carbonyl (C=O) groups excluding carboxylic acids is 1. The monoisotopic (exact) mass is 202 g/mol. The van der Waals surface area contributed by atoms with Gasteiger partial charge in [0.2, 0.25) is 0 Å². The normalized spacial score (nSPS) is 8.57. The van der Waals surface area contributed by atoms with Gasteiger partial charge in [0, 0.05) is 0 Å². The van der Waals surface area contributed by atoms with E-state index in [2.05, 4.69) is 6.58 Å². The van der Waals surface area contributed by atoms with Crippen LogP contribution in [0.25, 0.3) is 0 Å². The average molecular weight is 202 g/mol. The van der Waals surface area contributed by atoms with Crippen LogP contribution in [0.3, 0.4) is 0 Å². The zero-order chi connectivity index (χ0) is 9.68. The first-order valence-electron chi connectivity index (χ1n) is 3.81. The van der Waals surface area contributed by atoms with E-state index in [1.165, 1.54) is 18.2 Å². The summed E-state index contributed by atoms with van der Waals surface area (Å²) in [7, 11) is 0. The number of ether oxygens (including phenoxy) is 1. The van der Waals surface area contributed by atoms with E-state index in [1.807, 2.05) is 0 Å². The minimum absolute atomic E-state index is 0. The number of para-hydroxylation sites is 1. The summed E-state index contributed by atoms with van der Waals surface area (Å²) >= 11 is 0. The molecule has 0 bridgehead atoms. The Morgan fingerprint density at radius 3 is 2.79 bits per heavy atom. The summed E-state index contributed by atoms with van der Waals surface area (Å²) in [5.41, 5.74) is 0.171. The number of phenolic OH excluding ortho intramolecular Hbond substituents is 1.